The molecule has 1 aliphatic carbocycles. The van der Waals surface area contributed by atoms with Gasteiger partial charge in [-0.15, -0.1) is 5.10 Å². The van der Waals surface area contributed by atoms with Gasteiger partial charge in [0, 0.05) is 23.4 Å². The minimum Gasteiger partial charge on any atom is -0.494 e. The summed E-state index contributed by atoms with van der Waals surface area (Å²) in [5.41, 5.74) is 3.92. The molecule has 0 fully saturated rings. The Kier molecular flexibility index (Phi) is 6.21. The van der Waals surface area contributed by atoms with Crippen LogP contribution in [0.3, 0.4) is 0 Å². The first kappa shape index (κ1) is 22.7. The van der Waals surface area contributed by atoms with E-state index in [1.54, 1.807) is 11.8 Å². The number of anilines is 1. The lowest BCUT2D eigenvalue weighted by Gasteiger charge is -2.38. The normalized spacial score (nSPS) is 18.8. The third-order valence-electron chi connectivity index (χ3n) is 6.19. The fraction of sp³-hybridized carbons (Fsp3) is 0.370. The van der Waals surface area contributed by atoms with Crippen LogP contribution in [-0.2, 0) is 10.5 Å². The Labute approximate surface area is 204 Å². The molecule has 0 amide bonds. The molecule has 0 spiro atoms. The second kappa shape index (κ2) is 9.29. The molecule has 1 aromatic heterocycles. The molecule has 1 N–H and O–H groups in total. The molecule has 7 heteroatoms. The summed E-state index contributed by atoms with van der Waals surface area (Å²) in [5, 5.41) is 9.00. The topological polar surface area (TPSA) is 69.0 Å². The minimum atomic E-state index is -0.298. The van der Waals surface area contributed by atoms with Gasteiger partial charge in [0.2, 0.25) is 11.1 Å². The molecule has 1 unspecified atom stereocenters. The summed E-state index contributed by atoms with van der Waals surface area (Å²) < 4.78 is 7.65. The Balaban J connectivity index is 1.50. The van der Waals surface area contributed by atoms with Crippen molar-refractivity contribution in [3.8, 4) is 5.75 Å². The van der Waals surface area contributed by atoms with Crippen LogP contribution in [0.1, 0.15) is 57.2 Å². The zero-order valence-corrected chi connectivity index (χ0v) is 20.7. The van der Waals surface area contributed by atoms with E-state index >= 15 is 0 Å². The van der Waals surface area contributed by atoms with Crippen molar-refractivity contribution in [2.75, 3.05) is 11.9 Å². The van der Waals surface area contributed by atoms with Crippen molar-refractivity contribution < 1.29 is 9.53 Å². The molecule has 1 aliphatic heterocycles. The Morgan fingerprint density at radius 3 is 2.62 bits per heavy atom. The van der Waals surface area contributed by atoms with Gasteiger partial charge >= 0.3 is 0 Å². The number of nitrogens with one attached hydrogen (secondary N) is 1. The maximum atomic E-state index is 13.4. The first-order valence-corrected chi connectivity index (χ1v) is 12.8. The van der Waals surface area contributed by atoms with Gasteiger partial charge in [0.25, 0.3) is 0 Å². The second-order valence-corrected chi connectivity index (χ2v) is 10.7. The summed E-state index contributed by atoms with van der Waals surface area (Å²) in [6.07, 6.45) is 2.30. The number of aromatic nitrogens is 3. The minimum absolute atomic E-state index is 0.0849. The van der Waals surface area contributed by atoms with Crippen molar-refractivity contribution >= 4 is 23.5 Å². The van der Waals surface area contributed by atoms with Gasteiger partial charge in [0.15, 0.2) is 5.78 Å². The maximum Gasteiger partial charge on any atom is 0.227 e. The third kappa shape index (κ3) is 4.62. The number of nitrogens with zero attached hydrogens (tertiary/aromatic N) is 3. The number of allylic oxidation sites excluding steroid dienone is 2. The average Bonchev–Trinajstić information content (AvgIpc) is 3.23. The Hall–Kier alpha value is -3.06. The fourth-order valence-corrected chi connectivity index (χ4v) is 5.43. The number of carbonyl (C=O) groups is 1. The van der Waals surface area contributed by atoms with E-state index in [-0.39, 0.29) is 17.2 Å². The Morgan fingerprint density at radius 1 is 1.12 bits per heavy atom. The first-order chi connectivity index (χ1) is 16.4. The highest BCUT2D eigenvalue weighted by molar-refractivity contribution is 7.98. The third-order valence-corrected chi connectivity index (χ3v) is 7.10. The maximum absolute atomic E-state index is 13.4. The molecule has 1 atom stereocenters. The lowest BCUT2D eigenvalue weighted by atomic mass is 9.73. The van der Waals surface area contributed by atoms with Crippen LogP contribution in [-0.4, -0.2) is 27.2 Å². The van der Waals surface area contributed by atoms with Crippen molar-refractivity contribution in [1.82, 2.24) is 14.8 Å². The molecule has 3 aromatic rings. The standard InChI is InChI=1S/C27H30N4O2S/c1-4-14-33-20-12-10-19(11-13-20)24-23-21(15-27(2,3)16-22(23)32)28-25-29-26(30-31(24)25)34-17-18-8-6-5-7-9-18/h5-13,24H,4,14-17H2,1-3H3,(H,28,29,30). The number of hydrogen-bond acceptors (Lipinski definition) is 6. The summed E-state index contributed by atoms with van der Waals surface area (Å²) in [6, 6.07) is 18.1. The molecule has 34 heavy (non-hydrogen) atoms. The lowest BCUT2D eigenvalue weighted by molar-refractivity contribution is -0.118. The van der Waals surface area contributed by atoms with Gasteiger partial charge in [0.1, 0.15) is 11.8 Å². The zero-order chi connectivity index (χ0) is 23.7. The predicted octanol–water partition coefficient (Wildman–Crippen LogP) is 6.02. The van der Waals surface area contributed by atoms with Gasteiger partial charge in [-0.2, -0.15) is 4.98 Å². The van der Waals surface area contributed by atoms with E-state index in [9.17, 15) is 4.79 Å². The number of rotatable bonds is 7. The van der Waals surface area contributed by atoms with E-state index in [0.717, 1.165) is 41.2 Å². The fourth-order valence-electron chi connectivity index (χ4n) is 4.65. The summed E-state index contributed by atoms with van der Waals surface area (Å²) in [7, 11) is 0. The second-order valence-electron chi connectivity index (χ2n) is 9.72. The number of benzene rings is 2. The summed E-state index contributed by atoms with van der Waals surface area (Å²) in [5.74, 6) is 2.49. The van der Waals surface area contributed by atoms with Crippen LogP contribution in [0.2, 0.25) is 0 Å². The van der Waals surface area contributed by atoms with E-state index in [1.807, 2.05) is 47.1 Å². The number of Topliss-reactive ketones (excluding diaryl/α,β-unsaturated/α-hetero) is 1. The largest absolute Gasteiger partial charge is 0.494 e. The zero-order valence-electron chi connectivity index (χ0n) is 19.9. The van der Waals surface area contributed by atoms with E-state index in [0.29, 0.717) is 24.1 Å². The van der Waals surface area contributed by atoms with Crippen molar-refractivity contribution in [2.45, 2.75) is 57.0 Å². The molecular weight excluding hydrogens is 444 g/mol. The number of ketones is 1. The molecule has 2 aliphatic rings. The Morgan fingerprint density at radius 2 is 1.88 bits per heavy atom. The predicted molar refractivity (Wildman–Crippen MR) is 135 cm³/mol. The van der Waals surface area contributed by atoms with Crippen molar-refractivity contribution in [3.05, 3.63) is 77.0 Å². The number of thioether (sulfide) groups is 1. The van der Waals surface area contributed by atoms with Gasteiger partial charge in [-0.3, -0.25) is 4.79 Å². The van der Waals surface area contributed by atoms with Crippen LogP contribution >= 0.6 is 11.8 Å². The molecule has 6 nitrogen and oxygen atoms in total. The highest BCUT2D eigenvalue weighted by Crippen LogP contribution is 2.45. The number of ether oxygens (including phenoxy) is 1. The highest BCUT2D eigenvalue weighted by atomic mass is 32.2. The van der Waals surface area contributed by atoms with Gasteiger partial charge in [0.05, 0.1) is 6.61 Å². The van der Waals surface area contributed by atoms with Gasteiger partial charge < -0.3 is 10.1 Å². The van der Waals surface area contributed by atoms with Crippen molar-refractivity contribution in [2.24, 2.45) is 5.41 Å². The number of fused-ring (bicyclic) bond motifs is 1. The summed E-state index contributed by atoms with van der Waals surface area (Å²) >= 11 is 1.60. The summed E-state index contributed by atoms with van der Waals surface area (Å²) in [6.45, 7) is 7.06. The smallest absolute Gasteiger partial charge is 0.227 e. The van der Waals surface area contributed by atoms with Crippen molar-refractivity contribution in [1.29, 1.82) is 0 Å². The van der Waals surface area contributed by atoms with Crippen LogP contribution < -0.4 is 10.1 Å². The monoisotopic (exact) mass is 474 g/mol. The number of carbonyl (C=O) groups excluding carboxylic acids is 1. The van der Waals surface area contributed by atoms with Gasteiger partial charge in [-0.1, -0.05) is 75.0 Å². The quantitative estimate of drug-likeness (QED) is 0.423. The van der Waals surface area contributed by atoms with Crippen LogP contribution in [0.15, 0.2) is 71.0 Å². The van der Waals surface area contributed by atoms with Crippen LogP contribution in [0.5, 0.6) is 5.75 Å². The molecule has 5 rings (SSSR count). The van der Waals surface area contributed by atoms with E-state index in [2.05, 4.69) is 38.2 Å². The van der Waals surface area contributed by atoms with Crippen LogP contribution in [0.25, 0.3) is 0 Å². The lowest BCUT2D eigenvalue weighted by Crippen LogP contribution is -2.36. The molecule has 0 saturated heterocycles. The molecule has 0 saturated carbocycles. The number of hydrogen-bond donors (Lipinski definition) is 1. The first-order valence-electron chi connectivity index (χ1n) is 11.8. The van der Waals surface area contributed by atoms with Gasteiger partial charge in [-0.05, 0) is 41.5 Å². The molecule has 0 radical (unpaired) electrons. The Bertz CT molecular complexity index is 1220. The molecule has 2 aromatic carbocycles. The molecule has 2 heterocycles. The average molecular weight is 475 g/mol. The van der Waals surface area contributed by atoms with E-state index < -0.39 is 0 Å². The highest BCUT2D eigenvalue weighted by Gasteiger charge is 2.41. The molecule has 0 bridgehead atoms. The summed E-state index contributed by atoms with van der Waals surface area (Å²) in [4.78, 5) is 18.2. The van der Waals surface area contributed by atoms with E-state index in [4.69, 9.17) is 14.8 Å². The molecular formula is C27H30N4O2S. The van der Waals surface area contributed by atoms with Crippen molar-refractivity contribution in [3.63, 3.8) is 0 Å². The van der Waals surface area contributed by atoms with Crippen LogP contribution in [0.4, 0.5) is 5.95 Å². The van der Waals surface area contributed by atoms with Gasteiger partial charge in [-0.25, -0.2) is 4.68 Å². The molecule has 176 valence electrons. The van der Waals surface area contributed by atoms with E-state index in [1.165, 1.54) is 5.56 Å². The SMILES string of the molecule is CCCOc1ccc(C2C3=C(CC(C)(C)CC3=O)Nc3nc(SCc4ccccc4)nn32)cc1. The van der Waals surface area contributed by atoms with Crippen LogP contribution in [0, 0.1) is 5.41 Å².